The highest BCUT2D eigenvalue weighted by Crippen LogP contribution is 2.57. The van der Waals surface area contributed by atoms with Crippen molar-refractivity contribution in [3.63, 3.8) is 0 Å². The fraction of sp³-hybridized carbons (Fsp3) is 0.0141. The van der Waals surface area contributed by atoms with Gasteiger partial charge in [0, 0.05) is 33.3 Å². The number of nitrogens with zero attached hydrogens (tertiary/aromatic N) is 1. The molecule has 0 spiro atoms. The third-order valence-electron chi connectivity index (χ3n) is 15.2. The van der Waals surface area contributed by atoms with E-state index in [1.54, 1.807) is 0 Å². The smallest absolute Gasteiger partial charge is 0.143 e. The summed E-state index contributed by atoms with van der Waals surface area (Å²) < 4.78 is 6.62. The monoisotopic (exact) mass is 929 g/mol. The van der Waals surface area contributed by atoms with Crippen LogP contribution in [-0.2, 0) is 5.41 Å². The van der Waals surface area contributed by atoms with Crippen molar-refractivity contribution in [2.45, 2.75) is 5.41 Å². The van der Waals surface area contributed by atoms with Gasteiger partial charge >= 0.3 is 0 Å². The number of hydrogen-bond donors (Lipinski definition) is 0. The van der Waals surface area contributed by atoms with E-state index in [0.29, 0.717) is 0 Å². The van der Waals surface area contributed by atoms with Gasteiger partial charge in [0.15, 0.2) is 0 Å². The van der Waals surface area contributed by atoms with Gasteiger partial charge in [-0.05, 0) is 120 Å². The molecule has 0 radical (unpaired) electrons. The zero-order chi connectivity index (χ0) is 48.3. The third-order valence-corrected chi connectivity index (χ3v) is 15.2. The Morgan fingerprint density at radius 1 is 0.301 bits per heavy atom. The molecule has 1 aromatic heterocycles. The van der Waals surface area contributed by atoms with E-state index in [9.17, 15) is 0 Å². The minimum atomic E-state index is -0.482. The van der Waals surface area contributed by atoms with Gasteiger partial charge in [0.05, 0.1) is 11.1 Å². The predicted molar refractivity (Wildman–Crippen MR) is 305 cm³/mol. The van der Waals surface area contributed by atoms with Crippen LogP contribution in [0.3, 0.4) is 0 Å². The summed E-state index contributed by atoms with van der Waals surface area (Å²) in [6.07, 6.45) is 0. The van der Waals surface area contributed by atoms with Crippen LogP contribution in [0, 0.1) is 0 Å². The molecule has 0 fully saturated rings. The number of para-hydroxylation sites is 3. The number of fused-ring (bicyclic) bond motifs is 7. The fourth-order valence-corrected chi connectivity index (χ4v) is 12.0. The first-order chi connectivity index (χ1) is 36.2. The maximum Gasteiger partial charge on any atom is 0.143 e. The molecule has 2 nitrogen and oxygen atoms in total. The highest BCUT2D eigenvalue weighted by atomic mass is 16.3. The Hall–Kier alpha value is -9.50. The summed E-state index contributed by atoms with van der Waals surface area (Å²) >= 11 is 0. The highest BCUT2D eigenvalue weighted by Gasteiger charge is 2.46. The third kappa shape index (κ3) is 6.87. The van der Waals surface area contributed by atoms with Gasteiger partial charge in [-0.1, -0.05) is 243 Å². The van der Waals surface area contributed by atoms with Crippen LogP contribution in [0.1, 0.15) is 22.3 Å². The fourth-order valence-electron chi connectivity index (χ4n) is 12.0. The predicted octanol–water partition coefficient (Wildman–Crippen LogP) is 19.2. The Bertz CT molecular complexity index is 4150. The molecule has 342 valence electrons. The summed E-state index contributed by atoms with van der Waals surface area (Å²) in [6, 6.07) is 104. The lowest BCUT2D eigenvalue weighted by Gasteiger charge is -2.34. The maximum absolute atomic E-state index is 6.62. The Balaban J connectivity index is 0.947. The molecule has 0 amide bonds. The Labute approximate surface area is 425 Å². The van der Waals surface area contributed by atoms with Crippen molar-refractivity contribution >= 4 is 49.8 Å². The van der Waals surface area contributed by atoms with Crippen LogP contribution in [0.25, 0.3) is 88.3 Å². The van der Waals surface area contributed by atoms with E-state index in [0.717, 1.165) is 61.3 Å². The van der Waals surface area contributed by atoms with E-state index in [1.807, 2.05) is 6.07 Å². The van der Waals surface area contributed by atoms with Crippen molar-refractivity contribution in [2.24, 2.45) is 0 Å². The maximum atomic E-state index is 6.62. The summed E-state index contributed by atoms with van der Waals surface area (Å²) in [5.41, 5.74) is 21.3. The van der Waals surface area contributed by atoms with E-state index in [1.165, 1.54) is 66.4 Å². The van der Waals surface area contributed by atoms with Gasteiger partial charge in [-0.15, -0.1) is 0 Å². The lowest BCUT2D eigenvalue weighted by molar-refractivity contribution is 0.670. The summed E-state index contributed by atoms with van der Waals surface area (Å²) in [5, 5.41) is 4.66. The molecule has 0 aliphatic heterocycles. The standard InChI is InChI=1S/C71H47NO/c1-4-20-49(21-5-1)57-33-17-22-50-23-18-35-63(69(50)57)61-31-11-14-38-67(61)72(56-29-16-24-52(46-56)58-34-19-36-64-62-32-12-15-39-68(62)73-70(58)64)55-43-40-48(41-44-55)51-42-45-60-59-30-10-13-37-65(59)71(66(60)47-51,53-25-6-2-7-26-53)54-27-8-3-9-28-54/h1-47H. The zero-order valence-electron chi connectivity index (χ0n) is 40.0. The van der Waals surface area contributed by atoms with E-state index < -0.39 is 5.41 Å². The van der Waals surface area contributed by atoms with Crippen molar-refractivity contribution in [1.82, 2.24) is 0 Å². The highest BCUT2D eigenvalue weighted by molar-refractivity contribution is 6.11. The number of anilines is 3. The van der Waals surface area contributed by atoms with Crippen molar-refractivity contribution in [3.8, 4) is 55.6 Å². The number of furan rings is 1. The molecule has 12 aromatic carbocycles. The second kappa shape index (κ2) is 17.4. The van der Waals surface area contributed by atoms with Crippen LogP contribution in [0.5, 0.6) is 0 Å². The molecular formula is C71H47NO. The molecule has 1 aliphatic carbocycles. The molecule has 2 heteroatoms. The molecule has 1 aliphatic rings. The summed E-state index contributed by atoms with van der Waals surface area (Å²) in [5.74, 6) is 0. The molecule has 73 heavy (non-hydrogen) atoms. The lowest BCUT2D eigenvalue weighted by atomic mass is 9.67. The minimum absolute atomic E-state index is 0.482. The Kier molecular flexibility index (Phi) is 10.1. The van der Waals surface area contributed by atoms with Gasteiger partial charge in [-0.25, -0.2) is 0 Å². The zero-order valence-corrected chi connectivity index (χ0v) is 40.0. The molecule has 0 N–H and O–H groups in total. The quantitative estimate of drug-likeness (QED) is 0.143. The summed E-state index contributed by atoms with van der Waals surface area (Å²) in [7, 11) is 0. The first-order valence-corrected chi connectivity index (χ1v) is 25.2. The topological polar surface area (TPSA) is 16.4 Å². The first kappa shape index (κ1) is 42.4. The molecular weight excluding hydrogens is 883 g/mol. The van der Waals surface area contributed by atoms with Crippen molar-refractivity contribution < 1.29 is 4.42 Å². The molecule has 14 rings (SSSR count). The molecule has 1 heterocycles. The number of hydrogen-bond acceptors (Lipinski definition) is 2. The van der Waals surface area contributed by atoms with Gasteiger partial charge < -0.3 is 9.32 Å². The van der Waals surface area contributed by atoms with Gasteiger partial charge in [0.25, 0.3) is 0 Å². The van der Waals surface area contributed by atoms with Gasteiger partial charge in [-0.2, -0.15) is 0 Å². The van der Waals surface area contributed by atoms with Gasteiger partial charge in [-0.3, -0.25) is 0 Å². The van der Waals surface area contributed by atoms with Crippen molar-refractivity contribution in [1.29, 1.82) is 0 Å². The van der Waals surface area contributed by atoms with E-state index in [4.69, 9.17) is 4.42 Å². The molecule has 0 saturated heterocycles. The molecule has 0 atom stereocenters. The number of rotatable bonds is 9. The van der Waals surface area contributed by atoms with Crippen LogP contribution in [0.15, 0.2) is 290 Å². The van der Waals surface area contributed by atoms with Crippen LogP contribution >= 0.6 is 0 Å². The van der Waals surface area contributed by atoms with E-state index in [-0.39, 0.29) is 0 Å². The van der Waals surface area contributed by atoms with Gasteiger partial charge in [0.2, 0.25) is 0 Å². The van der Waals surface area contributed by atoms with Crippen molar-refractivity contribution in [2.75, 3.05) is 4.90 Å². The Morgan fingerprint density at radius 3 is 1.64 bits per heavy atom. The van der Waals surface area contributed by atoms with E-state index in [2.05, 4.69) is 284 Å². The molecule has 0 bridgehead atoms. The second-order valence-corrected chi connectivity index (χ2v) is 19.1. The average Bonchev–Trinajstić information content (AvgIpc) is 4.00. The summed E-state index contributed by atoms with van der Waals surface area (Å²) in [6.45, 7) is 0. The Morgan fingerprint density at radius 2 is 0.863 bits per heavy atom. The van der Waals surface area contributed by atoms with Crippen LogP contribution in [0.2, 0.25) is 0 Å². The molecule has 0 unspecified atom stereocenters. The molecule has 13 aromatic rings. The SMILES string of the molecule is c1ccc(-c2cccc3cccc(-c4ccccc4N(c4ccc(-c5ccc6c(c5)C(c5ccccc5)(c5ccccc5)c5ccccc5-6)cc4)c4cccc(-c5cccc6c5oc5ccccc56)c4)c23)cc1. The second-order valence-electron chi connectivity index (χ2n) is 19.1. The van der Waals surface area contributed by atoms with Crippen LogP contribution < -0.4 is 4.90 Å². The first-order valence-electron chi connectivity index (χ1n) is 25.2. The minimum Gasteiger partial charge on any atom is -0.455 e. The van der Waals surface area contributed by atoms with E-state index >= 15 is 0 Å². The summed E-state index contributed by atoms with van der Waals surface area (Å²) in [4.78, 5) is 2.43. The van der Waals surface area contributed by atoms with Crippen molar-refractivity contribution in [3.05, 3.63) is 307 Å². The van der Waals surface area contributed by atoms with Gasteiger partial charge in [0.1, 0.15) is 11.2 Å². The average molecular weight is 930 g/mol. The largest absolute Gasteiger partial charge is 0.455 e. The van der Waals surface area contributed by atoms with Crippen LogP contribution in [0.4, 0.5) is 17.1 Å². The lowest BCUT2D eigenvalue weighted by Crippen LogP contribution is -2.28. The normalized spacial score (nSPS) is 12.5. The number of benzene rings is 12. The van der Waals surface area contributed by atoms with Crippen LogP contribution in [-0.4, -0.2) is 0 Å². The molecule has 0 saturated carbocycles.